The van der Waals surface area contributed by atoms with Crippen molar-refractivity contribution >= 4 is 22.4 Å². The molecule has 0 aromatic carbocycles. The summed E-state index contributed by atoms with van der Waals surface area (Å²) < 4.78 is 5.75. The number of nitrogens with one attached hydrogen (secondary N) is 1. The van der Waals surface area contributed by atoms with E-state index in [2.05, 4.69) is 34.0 Å². The van der Waals surface area contributed by atoms with Gasteiger partial charge in [-0.2, -0.15) is 0 Å². The van der Waals surface area contributed by atoms with Gasteiger partial charge in [0.25, 0.3) is 0 Å². The van der Waals surface area contributed by atoms with Crippen molar-refractivity contribution in [1.82, 2.24) is 14.9 Å². The van der Waals surface area contributed by atoms with Crippen LogP contribution in [0.15, 0.2) is 29.9 Å². The molecule has 1 amide bonds. The smallest absolute Gasteiger partial charge is 0.226 e. The average Bonchev–Trinajstić information content (AvgIpc) is 3.00. The minimum absolute atomic E-state index is 0.0154. The van der Waals surface area contributed by atoms with E-state index in [1.165, 1.54) is 11.3 Å². The zero-order valence-electron chi connectivity index (χ0n) is 14.6. The molecule has 1 saturated heterocycles. The minimum Gasteiger partial charge on any atom is -0.373 e. The third-order valence-corrected chi connectivity index (χ3v) is 4.85. The SMILES string of the molecule is CC1CN(Cc2csc(NC(=O)CCc3cccnc3)n2)CC(C)O1. The summed E-state index contributed by atoms with van der Waals surface area (Å²) in [4.78, 5) is 23.0. The first-order chi connectivity index (χ1) is 12.1. The second-order valence-electron chi connectivity index (χ2n) is 6.50. The molecule has 3 heterocycles. The van der Waals surface area contributed by atoms with Crippen molar-refractivity contribution in [3.8, 4) is 0 Å². The normalized spacial score (nSPS) is 21.2. The Labute approximate surface area is 152 Å². The van der Waals surface area contributed by atoms with E-state index >= 15 is 0 Å². The summed E-state index contributed by atoms with van der Waals surface area (Å²) in [5.74, 6) is -0.0154. The second-order valence-corrected chi connectivity index (χ2v) is 7.36. The molecule has 7 heteroatoms. The lowest BCUT2D eigenvalue weighted by atomic mass is 10.1. The summed E-state index contributed by atoms with van der Waals surface area (Å²) in [5.41, 5.74) is 2.06. The van der Waals surface area contributed by atoms with Gasteiger partial charge in [-0.3, -0.25) is 14.7 Å². The molecule has 25 heavy (non-hydrogen) atoms. The molecule has 0 saturated carbocycles. The third kappa shape index (κ3) is 5.59. The number of hydrogen-bond donors (Lipinski definition) is 1. The lowest BCUT2D eigenvalue weighted by Gasteiger charge is -2.34. The number of aryl methyl sites for hydroxylation is 1. The van der Waals surface area contributed by atoms with Gasteiger partial charge in [-0.25, -0.2) is 4.98 Å². The highest BCUT2D eigenvalue weighted by atomic mass is 32.1. The van der Waals surface area contributed by atoms with Crippen LogP contribution in [0.4, 0.5) is 5.13 Å². The molecule has 1 aliphatic heterocycles. The number of morpholine rings is 1. The van der Waals surface area contributed by atoms with E-state index in [9.17, 15) is 4.79 Å². The number of carbonyl (C=O) groups is 1. The van der Waals surface area contributed by atoms with E-state index in [1.807, 2.05) is 17.5 Å². The van der Waals surface area contributed by atoms with E-state index < -0.39 is 0 Å². The predicted octanol–water partition coefficient (Wildman–Crippen LogP) is 2.72. The largest absolute Gasteiger partial charge is 0.373 e. The molecule has 6 nitrogen and oxygen atoms in total. The van der Waals surface area contributed by atoms with Gasteiger partial charge in [0.05, 0.1) is 17.9 Å². The summed E-state index contributed by atoms with van der Waals surface area (Å²) in [7, 11) is 0. The standard InChI is InChI=1S/C18H24N4O2S/c1-13-9-22(10-14(2)24-13)11-16-12-25-18(20-16)21-17(23)6-5-15-4-3-7-19-8-15/h3-4,7-8,12-14H,5-6,9-11H2,1-2H3,(H,20,21,23). The third-order valence-electron chi connectivity index (χ3n) is 4.04. The number of nitrogens with zero attached hydrogens (tertiary/aromatic N) is 3. The van der Waals surface area contributed by atoms with Crippen molar-refractivity contribution in [1.29, 1.82) is 0 Å². The van der Waals surface area contributed by atoms with Crippen LogP contribution in [0.25, 0.3) is 0 Å². The van der Waals surface area contributed by atoms with Crippen molar-refractivity contribution in [2.45, 2.75) is 45.4 Å². The number of aromatic nitrogens is 2. The van der Waals surface area contributed by atoms with E-state index in [-0.39, 0.29) is 18.1 Å². The van der Waals surface area contributed by atoms with Crippen molar-refractivity contribution in [3.05, 3.63) is 41.2 Å². The fourth-order valence-electron chi connectivity index (χ4n) is 3.07. The van der Waals surface area contributed by atoms with E-state index in [0.29, 0.717) is 18.0 Å². The molecule has 0 radical (unpaired) electrons. The number of ether oxygens (including phenoxy) is 1. The van der Waals surface area contributed by atoms with Crippen molar-refractivity contribution < 1.29 is 9.53 Å². The molecule has 0 bridgehead atoms. The number of rotatable bonds is 6. The van der Waals surface area contributed by atoms with E-state index in [1.54, 1.807) is 12.4 Å². The van der Waals surface area contributed by atoms with Crippen LogP contribution in [0, 0.1) is 0 Å². The molecular weight excluding hydrogens is 336 g/mol. The summed E-state index contributed by atoms with van der Waals surface area (Å²) in [5, 5.41) is 5.57. The summed E-state index contributed by atoms with van der Waals surface area (Å²) in [6.07, 6.45) is 5.12. The number of anilines is 1. The predicted molar refractivity (Wildman–Crippen MR) is 98.6 cm³/mol. The van der Waals surface area contributed by atoms with Gasteiger partial charge in [0, 0.05) is 43.8 Å². The number of hydrogen-bond acceptors (Lipinski definition) is 6. The van der Waals surface area contributed by atoms with Gasteiger partial charge in [-0.15, -0.1) is 11.3 Å². The molecule has 0 spiro atoms. The van der Waals surface area contributed by atoms with Crippen LogP contribution in [0.1, 0.15) is 31.5 Å². The molecule has 0 aliphatic carbocycles. The lowest BCUT2D eigenvalue weighted by Crippen LogP contribution is -2.44. The number of pyridine rings is 1. The zero-order valence-corrected chi connectivity index (χ0v) is 15.5. The lowest BCUT2D eigenvalue weighted by molar-refractivity contribution is -0.116. The van der Waals surface area contributed by atoms with Crippen LogP contribution in [0.5, 0.6) is 0 Å². The Morgan fingerprint density at radius 1 is 1.40 bits per heavy atom. The Kier molecular flexibility index (Phi) is 6.12. The highest BCUT2D eigenvalue weighted by molar-refractivity contribution is 7.13. The summed E-state index contributed by atoms with van der Waals surface area (Å²) >= 11 is 1.48. The van der Waals surface area contributed by atoms with E-state index in [4.69, 9.17) is 4.74 Å². The van der Waals surface area contributed by atoms with Crippen molar-refractivity contribution in [3.63, 3.8) is 0 Å². The topological polar surface area (TPSA) is 67.4 Å². The molecule has 2 aromatic rings. The fourth-order valence-corrected chi connectivity index (χ4v) is 3.78. The molecule has 1 fully saturated rings. The molecule has 2 aromatic heterocycles. The first-order valence-corrected chi connectivity index (χ1v) is 9.47. The minimum atomic E-state index is -0.0154. The first-order valence-electron chi connectivity index (χ1n) is 8.59. The van der Waals surface area contributed by atoms with Crippen LogP contribution < -0.4 is 5.32 Å². The Morgan fingerprint density at radius 2 is 2.20 bits per heavy atom. The molecule has 1 aliphatic rings. The number of carbonyl (C=O) groups excluding carboxylic acids is 1. The molecule has 1 N–H and O–H groups in total. The van der Waals surface area contributed by atoms with Gasteiger partial charge in [0.2, 0.25) is 5.91 Å². The summed E-state index contributed by atoms with van der Waals surface area (Å²) in [6, 6.07) is 3.86. The van der Waals surface area contributed by atoms with Crippen molar-refractivity contribution in [2.75, 3.05) is 18.4 Å². The molecule has 2 unspecified atom stereocenters. The highest BCUT2D eigenvalue weighted by Crippen LogP contribution is 2.19. The van der Waals surface area contributed by atoms with Gasteiger partial charge in [-0.05, 0) is 31.9 Å². The molecular formula is C18H24N4O2S. The Morgan fingerprint density at radius 3 is 2.92 bits per heavy atom. The quantitative estimate of drug-likeness (QED) is 0.858. The maximum Gasteiger partial charge on any atom is 0.226 e. The maximum absolute atomic E-state index is 12.1. The van der Waals surface area contributed by atoms with Crippen LogP contribution >= 0.6 is 11.3 Å². The average molecular weight is 360 g/mol. The maximum atomic E-state index is 12.1. The van der Waals surface area contributed by atoms with Gasteiger partial charge >= 0.3 is 0 Å². The molecule has 3 rings (SSSR count). The highest BCUT2D eigenvalue weighted by Gasteiger charge is 2.22. The Hall–Kier alpha value is -1.83. The fraction of sp³-hybridized carbons (Fsp3) is 0.500. The van der Waals surface area contributed by atoms with Gasteiger partial charge in [0.1, 0.15) is 0 Å². The molecule has 134 valence electrons. The monoisotopic (exact) mass is 360 g/mol. The van der Waals surface area contributed by atoms with Crippen LogP contribution in [-0.2, 0) is 22.5 Å². The molecule has 2 atom stereocenters. The Bertz CT molecular complexity index is 681. The van der Waals surface area contributed by atoms with Crippen LogP contribution in [0.2, 0.25) is 0 Å². The van der Waals surface area contributed by atoms with Gasteiger partial charge < -0.3 is 10.1 Å². The Balaban J connectivity index is 1.47. The van der Waals surface area contributed by atoms with Gasteiger partial charge in [0.15, 0.2) is 5.13 Å². The van der Waals surface area contributed by atoms with Crippen LogP contribution in [0.3, 0.4) is 0 Å². The number of amides is 1. The number of thiazole rings is 1. The van der Waals surface area contributed by atoms with Gasteiger partial charge in [-0.1, -0.05) is 6.07 Å². The zero-order chi connectivity index (χ0) is 17.6. The summed E-state index contributed by atoms with van der Waals surface area (Å²) in [6.45, 7) is 6.80. The van der Waals surface area contributed by atoms with Crippen molar-refractivity contribution in [2.24, 2.45) is 0 Å². The van der Waals surface area contributed by atoms with E-state index in [0.717, 1.165) is 30.9 Å². The van der Waals surface area contributed by atoms with Crippen LogP contribution in [-0.4, -0.2) is 46.1 Å². The first kappa shape index (κ1) is 18.0. The second kappa shape index (κ2) is 8.51.